The van der Waals surface area contributed by atoms with Crippen molar-refractivity contribution in [2.75, 3.05) is 20.1 Å². The summed E-state index contributed by atoms with van der Waals surface area (Å²) >= 11 is 5.98. The van der Waals surface area contributed by atoms with E-state index >= 15 is 0 Å². The molecule has 0 atom stereocenters. The number of hydrogen-bond donors (Lipinski definition) is 0. The molecule has 0 spiro atoms. The number of halogens is 1. The molecule has 0 unspecified atom stereocenters. The molecule has 0 radical (unpaired) electrons. The third-order valence-electron chi connectivity index (χ3n) is 4.41. The number of ketones is 1. The van der Waals surface area contributed by atoms with Gasteiger partial charge in [0.25, 0.3) is 0 Å². The summed E-state index contributed by atoms with van der Waals surface area (Å²) in [5.74, 6) is 0.434. The summed E-state index contributed by atoms with van der Waals surface area (Å²) in [5.41, 5.74) is 1.58. The maximum atomic E-state index is 11.9. The van der Waals surface area contributed by atoms with E-state index < -0.39 is 0 Å². The maximum absolute atomic E-state index is 11.9. The van der Waals surface area contributed by atoms with E-state index in [-0.39, 0.29) is 11.3 Å². The first-order valence-electron chi connectivity index (χ1n) is 7.40. The molecule has 1 fully saturated rings. The molecule has 1 aliphatic carbocycles. The summed E-state index contributed by atoms with van der Waals surface area (Å²) in [6, 6.07) is 8.21. The molecule has 1 aromatic rings. The van der Waals surface area contributed by atoms with Gasteiger partial charge >= 0.3 is 0 Å². The minimum absolute atomic E-state index is 0.116. The van der Waals surface area contributed by atoms with Crippen LogP contribution in [0, 0.1) is 5.92 Å². The Morgan fingerprint density at radius 2 is 1.90 bits per heavy atom. The Morgan fingerprint density at radius 1 is 1.30 bits per heavy atom. The van der Waals surface area contributed by atoms with E-state index in [0.717, 1.165) is 11.6 Å². The predicted molar refractivity (Wildman–Crippen MR) is 84.3 cm³/mol. The van der Waals surface area contributed by atoms with Crippen LogP contribution in [-0.2, 0) is 10.2 Å². The number of rotatable bonds is 6. The monoisotopic (exact) mass is 293 g/mol. The second kappa shape index (κ2) is 6.28. The molecule has 1 aliphatic rings. The molecule has 0 aliphatic heterocycles. The Morgan fingerprint density at radius 3 is 2.35 bits per heavy atom. The average molecular weight is 294 g/mol. The number of hydrogen-bond acceptors (Lipinski definition) is 2. The third kappa shape index (κ3) is 3.42. The van der Waals surface area contributed by atoms with Gasteiger partial charge in [0, 0.05) is 22.9 Å². The van der Waals surface area contributed by atoms with Crippen LogP contribution in [0.15, 0.2) is 24.3 Å². The first kappa shape index (κ1) is 15.5. The van der Waals surface area contributed by atoms with Crippen LogP contribution in [0.5, 0.6) is 0 Å². The molecule has 1 aromatic carbocycles. The van der Waals surface area contributed by atoms with Crippen molar-refractivity contribution in [2.45, 2.75) is 38.5 Å². The fourth-order valence-corrected chi connectivity index (χ4v) is 3.09. The first-order valence-corrected chi connectivity index (χ1v) is 7.78. The molecule has 110 valence electrons. The van der Waals surface area contributed by atoms with Crippen LogP contribution in [0.1, 0.15) is 38.7 Å². The Labute approximate surface area is 127 Å². The highest BCUT2D eigenvalue weighted by atomic mass is 35.5. The number of likely N-dealkylation sites (N-methyl/N-ethyl adjacent to an activating group) is 1. The second-order valence-corrected chi connectivity index (χ2v) is 6.87. The van der Waals surface area contributed by atoms with Crippen LogP contribution in [0.25, 0.3) is 0 Å². The standard InChI is InChI=1S/C17H24ClNO/c1-13(2)16(20)11-19(3)12-17(9-4-10-17)14-5-7-15(18)8-6-14/h5-8,13H,4,9-12H2,1-3H3. The fraction of sp³-hybridized carbons (Fsp3) is 0.588. The summed E-state index contributed by atoms with van der Waals surface area (Å²) < 4.78 is 0. The van der Waals surface area contributed by atoms with Gasteiger partial charge in [-0.05, 0) is 37.6 Å². The van der Waals surface area contributed by atoms with E-state index in [9.17, 15) is 4.79 Å². The van der Waals surface area contributed by atoms with Gasteiger partial charge in [0.05, 0.1) is 6.54 Å². The van der Waals surface area contributed by atoms with E-state index in [1.807, 2.05) is 26.0 Å². The largest absolute Gasteiger partial charge is 0.298 e. The molecule has 0 amide bonds. The van der Waals surface area contributed by atoms with Crippen LogP contribution < -0.4 is 0 Å². The zero-order chi connectivity index (χ0) is 14.8. The lowest BCUT2D eigenvalue weighted by Gasteiger charge is -2.45. The lowest BCUT2D eigenvalue weighted by atomic mass is 9.64. The Balaban J connectivity index is 2.04. The Bertz CT molecular complexity index is 462. The van der Waals surface area contributed by atoms with Gasteiger partial charge in [0.1, 0.15) is 5.78 Å². The van der Waals surface area contributed by atoms with Crippen molar-refractivity contribution in [3.05, 3.63) is 34.9 Å². The summed E-state index contributed by atoms with van der Waals surface area (Å²) in [6.45, 7) is 5.43. The lowest BCUT2D eigenvalue weighted by molar-refractivity contribution is -0.123. The zero-order valence-electron chi connectivity index (χ0n) is 12.7. The van der Waals surface area contributed by atoms with Crippen molar-refractivity contribution in [1.82, 2.24) is 4.90 Å². The predicted octanol–water partition coefficient (Wildman–Crippen LogP) is 3.92. The molecule has 0 bridgehead atoms. The van der Waals surface area contributed by atoms with Gasteiger partial charge in [-0.25, -0.2) is 0 Å². The van der Waals surface area contributed by atoms with Gasteiger partial charge < -0.3 is 0 Å². The molecule has 0 N–H and O–H groups in total. The third-order valence-corrected chi connectivity index (χ3v) is 4.66. The van der Waals surface area contributed by atoms with Gasteiger partial charge in [-0.1, -0.05) is 44.0 Å². The van der Waals surface area contributed by atoms with E-state index in [4.69, 9.17) is 11.6 Å². The molecule has 3 heteroatoms. The lowest BCUT2D eigenvalue weighted by Crippen LogP contribution is -2.46. The van der Waals surface area contributed by atoms with Crippen molar-refractivity contribution in [2.24, 2.45) is 5.92 Å². The Hall–Kier alpha value is -0.860. The van der Waals surface area contributed by atoms with Crippen molar-refractivity contribution in [3.8, 4) is 0 Å². The van der Waals surface area contributed by atoms with Crippen molar-refractivity contribution in [3.63, 3.8) is 0 Å². The molecule has 0 saturated heterocycles. The van der Waals surface area contributed by atoms with Gasteiger partial charge in [0.15, 0.2) is 0 Å². The number of Topliss-reactive ketones (excluding diaryl/α,β-unsaturated/α-hetero) is 1. The quantitative estimate of drug-likeness (QED) is 0.792. The molecule has 1 saturated carbocycles. The van der Waals surface area contributed by atoms with E-state index in [1.165, 1.54) is 24.8 Å². The van der Waals surface area contributed by atoms with Gasteiger partial charge in [-0.2, -0.15) is 0 Å². The van der Waals surface area contributed by atoms with Crippen molar-refractivity contribution in [1.29, 1.82) is 0 Å². The molecule has 0 heterocycles. The van der Waals surface area contributed by atoms with Crippen LogP contribution >= 0.6 is 11.6 Å². The number of carbonyl (C=O) groups is 1. The molecule has 20 heavy (non-hydrogen) atoms. The van der Waals surface area contributed by atoms with Crippen molar-refractivity contribution >= 4 is 17.4 Å². The topological polar surface area (TPSA) is 20.3 Å². The number of nitrogens with zero attached hydrogens (tertiary/aromatic N) is 1. The second-order valence-electron chi connectivity index (χ2n) is 6.43. The van der Waals surface area contributed by atoms with Crippen LogP contribution in [-0.4, -0.2) is 30.8 Å². The summed E-state index contributed by atoms with van der Waals surface area (Å²) in [6.07, 6.45) is 3.68. The average Bonchev–Trinajstić information content (AvgIpc) is 2.35. The Kier molecular flexibility index (Phi) is 4.87. The molecule has 0 aromatic heterocycles. The summed E-state index contributed by atoms with van der Waals surface area (Å²) in [7, 11) is 2.05. The minimum Gasteiger partial charge on any atom is -0.298 e. The van der Waals surface area contributed by atoms with Crippen molar-refractivity contribution < 1.29 is 4.79 Å². The smallest absolute Gasteiger partial charge is 0.149 e. The van der Waals surface area contributed by atoms with Gasteiger partial charge in [0.2, 0.25) is 0 Å². The number of benzene rings is 1. The molecular weight excluding hydrogens is 270 g/mol. The van der Waals surface area contributed by atoms with E-state index in [1.54, 1.807) is 0 Å². The number of carbonyl (C=O) groups excluding carboxylic acids is 1. The highest BCUT2D eigenvalue weighted by molar-refractivity contribution is 6.30. The van der Waals surface area contributed by atoms with Crippen LogP contribution in [0.4, 0.5) is 0 Å². The normalized spacial score (nSPS) is 17.3. The van der Waals surface area contributed by atoms with Gasteiger partial charge in [-0.15, -0.1) is 0 Å². The SMILES string of the molecule is CC(C)C(=O)CN(C)CC1(c2ccc(Cl)cc2)CCC1. The first-order chi connectivity index (χ1) is 9.43. The molecular formula is C17H24ClNO. The van der Waals surface area contributed by atoms with Gasteiger partial charge in [-0.3, -0.25) is 9.69 Å². The summed E-state index contributed by atoms with van der Waals surface area (Å²) in [4.78, 5) is 14.0. The molecule has 2 nitrogen and oxygen atoms in total. The fourth-order valence-electron chi connectivity index (χ4n) is 2.97. The highest BCUT2D eigenvalue weighted by Crippen LogP contribution is 2.44. The van der Waals surface area contributed by atoms with E-state index in [2.05, 4.69) is 24.1 Å². The molecule has 2 rings (SSSR count). The zero-order valence-corrected chi connectivity index (χ0v) is 13.4. The minimum atomic E-state index is 0.116. The highest BCUT2D eigenvalue weighted by Gasteiger charge is 2.39. The van der Waals surface area contributed by atoms with Crippen LogP contribution in [0.3, 0.4) is 0 Å². The van der Waals surface area contributed by atoms with E-state index in [0.29, 0.717) is 12.3 Å². The van der Waals surface area contributed by atoms with Crippen LogP contribution in [0.2, 0.25) is 5.02 Å². The maximum Gasteiger partial charge on any atom is 0.149 e. The summed E-state index contributed by atoms with van der Waals surface area (Å²) in [5, 5.41) is 0.784.